The molecule has 0 aliphatic rings. The maximum atomic E-state index is 11.9. The van der Waals surface area contributed by atoms with E-state index in [0.717, 1.165) is 10.2 Å². The van der Waals surface area contributed by atoms with Crippen LogP contribution in [0.25, 0.3) is 10.2 Å². The van der Waals surface area contributed by atoms with Gasteiger partial charge in [0.25, 0.3) is 0 Å². The van der Waals surface area contributed by atoms with Crippen molar-refractivity contribution >= 4 is 32.6 Å². The Morgan fingerprint density at radius 3 is 2.83 bits per heavy atom. The van der Waals surface area contributed by atoms with Crippen molar-refractivity contribution in [3.05, 3.63) is 24.3 Å². The highest BCUT2D eigenvalue weighted by molar-refractivity contribution is 7.22. The number of rotatable bonds is 4. The van der Waals surface area contributed by atoms with E-state index in [1.54, 1.807) is 0 Å². The minimum absolute atomic E-state index is 0.164. The zero-order valence-electron chi connectivity index (χ0n) is 10.5. The van der Waals surface area contributed by atoms with Gasteiger partial charge in [0.05, 0.1) is 16.3 Å². The molecule has 3 N–H and O–H groups in total. The first-order chi connectivity index (χ1) is 8.56. The van der Waals surface area contributed by atoms with Crippen molar-refractivity contribution in [2.24, 2.45) is 11.7 Å². The van der Waals surface area contributed by atoms with Gasteiger partial charge < -0.3 is 11.1 Å². The summed E-state index contributed by atoms with van der Waals surface area (Å²) in [4.78, 5) is 16.2. The fraction of sp³-hybridized carbons (Fsp3) is 0.385. The standard InChI is InChI=1S/C13H17N3OS/c1-8(2)7-9(14)12(17)16-13-15-10-5-3-4-6-11(10)18-13/h3-6,8-9H,7,14H2,1-2H3,(H,15,16,17). The fourth-order valence-corrected chi connectivity index (χ4v) is 2.61. The summed E-state index contributed by atoms with van der Waals surface area (Å²) in [5.74, 6) is 0.240. The third kappa shape index (κ3) is 3.05. The number of aromatic nitrogens is 1. The summed E-state index contributed by atoms with van der Waals surface area (Å²) in [6.45, 7) is 4.09. The highest BCUT2D eigenvalue weighted by Crippen LogP contribution is 2.25. The Morgan fingerprint density at radius 1 is 1.44 bits per heavy atom. The number of amides is 1. The smallest absolute Gasteiger partial charge is 0.243 e. The largest absolute Gasteiger partial charge is 0.320 e. The molecule has 18 heavy (non-hydrogen) atoms. The van der Waals surface area contributed by atoms with Crippen molar-refractivity contribution in [1.82, 2.24) is 4.98 Å². The van der Waals surface area contributed by atoms with Crippen LogP contribution in [-0.2, 0) is 4.79 Å². The van der Waals surface area contributed by atoms with E-state index in [9.17, 15) is 4.79 Å². The second-order valence-corrected chi connectivity index (χ2v) is 5.74. The van der Waals surface area contributed by atoms with Gasteiger partial charge in [-0.15, -0.1) is 0 Å². The fourth-order valence-electron chi connectivity index (χ4n) is 1.74. The van der Waals surface area contributed by atoms with Crippen LogP contribution in [0.5, 0.6) is 0 Å². The first kappa shape index (κ1) is 13.0. The molecular formula is C13H17N3OS. The van der Waals surface area contributed by atoms with Crippen LogP contribution in [0.3, 0.4) is 0 Å². The average Bonchev–Trinajstić information content (AvgIpc) is 2.69. The molecule has 96 valence electrons. The Balaban J connectivity index is 2.06. The predicted molar refractivity (Wildman–Crippen MR) is 75.7 cm³/mol. The number of carbonyl (C=O) groups excluding carboxylic acids is 1. The molecule has 0 aliphatic carbocycles. The molecule has 0 bridgehead atoms. The summed E-state index contributed by atoms with van der Waals surface area (Å²) in [5, 5.41) is 3.39. The number of anilines is 1. The molecule has 1 amide bonds. The van der Waals surface area contributed by atoms with Gasteiger partial charge in [0.15, 0.2) is 5.13 Å². The van der Waals surface area contributed by atoms with Crippen LogP contribution in [0.2, 0.25) is 0 Å². The van der Waals surface area contributed by atoms with Crippen LogP contribution in [0.4, 0.5) is 5.13 Å². The molecule has 0 radical (unpaired) electrons. The van der Waals surface area contributed by atoms with Crippen molar-refractivity contribution in [2.75, 3.05) is 5.32 Å². The van der Waals surface area contributed by atoms with Crippen molar-refractivity contribution in [1.29, 1.82) is 0 Å². The van der Waals surface area contributed by atoms with Gasteiger partial charge in [-0.1, -0.05) is 37.3 Å². The number of nitrogens with one attached hydrogen (secondary N) is 1. The van der Waals surface area contributed by atoms with Crippen LogP contribution in [-0.4, -0.2) is 16.9 Å². The lowest BCUT2D eigenvalue weighted by Crippen LogP contribution is -2.36. The van der Waals surface area contributed by atoms with Gasteiger partial charge in [0.2, 0.25) is 5.91 Å². The Kier molecular flexibility index (Phi) is 3.93. The van der Waals surface area contributed by atoms with E-state index in [2.05, 4.69) is 10.3 Å². The number of hydrogen-bond acceptors (Lipinski definition) is 4. The molecule has 1 heterocycles. The van der Waals surface area contributed by atoms with Crippen LogP contribution in [0.1, 0.15) is 20.3 Å². The van der Waals surface area contributed by atoms with E-state index >= 15 is 0 Å². The molecule has 0 aliphatic heterocycles. The molecule has 2 aromatic rings. The van der Waals surface area contributed by atoms with Crippen molar-refractivity contribution in [2.45, 2.75) is 26.3 Å². The van der Waals surface area contributed by atoms with E-state index in [4.69, 9.17) is 5.73 Å². The summed E-state index contributed by atoms with van der Waals surface area (Å²) in [6.07, 6.45) is 0.677. The lowest BCUT2D eigenvalue weighted by atomic mass is 10.0. The number of carbonyl (C=O) groups is 1. The molecule has 5 heteroatoms. The summed E-state index contributed by atoms with van der Waals surface area (Å²) < 4.78 is 1.06. The summed E-state index contributed by atoms with van der Waals surface area (Å²) in [6, 6.07) is 7.32. The first-order valence-electron chi connectivity index (χ1n) is 5.98. The Morgan fingerprint density at radius 2 is 2.17 bits per heavy atom. The third-order valence-electron chi connectivity index (χ3n) is 2.59. The number of hydrogen-bond donors (Lipinski definition) is 2. The maximum Gasteiger partial charge on any atom is 0.243 e. The van der Waals surface area contributed by atoms with E-state index in [-0.39, 0.29) is 5.91 Å². The number of fused-ring (bicyclic) bond motifs is 1. The van der Waals surface area contributed by atoms with Gasteiger partial charge in [-0.3, -0.25) is 4.79 Å². The first-order valence-corrected chi connectivity index (χ1v) is 6.80. The van der Waals surface area contributed by atoms with Gasteiger partial charge in [-0.05, 0) is 24.5 Å². The van der Waals surface area contributed by atoms with Gasteiger partial charge in [-0.2, -0.15) is 0 Å². The van der Waals surface area contributed by atoms with Gasteiger partial charge in [0, 0.05) is 0 Å². The molecule has 0 saturated carbocycles. The molecule has 1 atom stereocenters. The minimum Gasteiger partial charge on any atom is -0.320 e. The second-order valence-electron chi connectivity index (χ2n) is 4.71. The lowest BCUT2D eigenvalue weighted by Gasteiger charge is -2.12. The Bertz CT molecular complexity index is 517. The highest BCUT2D eigenvalue weighted by atomic mass is 32.1. The topological polar surface area (TPSA) is 68.0 Å². The van der Waals surface area contributed by atoms with Crippen LogP contribution in [0, 0.1) is 5.92 Å². The Hall–Kier alpha value is -1.46. The lowest BCUT2D eigenvalue weighted by molar-refractivity contribution is -0.117. The van der Waals surface area contributed by atoms with E-state index in [1.807, 2.05) is 38.1 Å². The predicted octanol–water partition coefficient (Wildman–Crippen LogP) is 2.61. The zero-order valence-corrected chi connectivity index (χ0v) is 11.3. The molecule has 0 fully saturated rings. The number of para-hydroxylation sites is 1. The van der Waals surface area contributed by atoms with E-state index in [1.165, 1.54) is 11.3 Å². The summed E-state index contributed by atoms with van der Waals surface area (Å²) in [7, 11) is 0. The van der Waals surface area contributed by atoms with Gasteiger partial charge in [0.1, 0.15) is 0 Å². The molecular weight excluding hydrogens is 246 g/mol. The van der Waals surface area contributed by atoms with Crippen LogP contribution < -0.4 is 11.1 Å². The molecule has 4 nitrogen and oxygen atoms in total. The molecule has 1 aromatic heterocycles. The second kappa shape index (κ2) is 5.46. The number of benzene rings is 1. The third-order valence-corrected chi connectivity index (χ3v) is 3.54. The van der Waals surface area contributed by atoms with Crippen LogP contribution in [0.15, 0.2) is 24.3 Å². The average molecular weight is 263 g/mol. The zero-order chi connectivity index (χ0) is 13.1. The Labute approximate surface area is 110 Å². The maximum absolute atomic E-state index is 11.9. The number of nitrogens with two attached hydrogens (primary N) is 1. The van der Waals surface area contributed by atoms with Crippen molar-refractivity contribution < 1.29 is 4.79 Å². The minimum atomic E-state index is -0.475. The van der Waals surface area contributed by atoms with E-state index < -0.39 is 6.04 Å². The van der Waals surface area contributed by atoms with Crippen LogP contribution >= 0.6 is 11.3 Å². The SMILES string of the molecule is CC(C)CC(N)C(=O)Nc1nc2ccccc2s1. The van der Waals surface area contributed by atoms with Gasteiger partial charge >= 0.3 is 0 Å². The number of thiazole rings is 1. The highest BCUT2D eigenvalue weighted by Gasteiger charge is 2.16. The molecule has 2 rings (SSSR count). The summed E-state index contributed by atoms with van der Waals surface area (Å²) >= 11 is 1.46. The quantitative estimate of drug-likeness (QED) is 0.891. The monoisotopic (exact) mass is 263 g/mol. The molecule has 0 saturated heterocycles. The summed E-state index contributed by atoms with van der Waals surface area (Å²) in [5.41, 5.74) is 6.72. The van der Waals surface area contributed by atoms with Gasteiger partial charge in [-0.25, -0.2) is 4.98 Å². The van der Waals surface area contributed by atoms with Crippen molar-refractivity contribution in [3.8, 4) is 0 Å². The van der Waals surface area contributed by atoms with Crippen molar-refractivity contribution in [3.63, 3.8) is 0 Å². The molecule has 1 aromatic carbocycles. The normalized spacial score (nSPS) is 12.9. The molecule has 1 unspecified atom stereocenters. The van der Waals surface area contributed by atoms with E-state index in [0.29, 0.717) is 17.5 Å². The molecule has 0 spiro atoms. The number of nitrogens with zero attached hydrogens (tertiary/aromatic N) is 1.